The summed E-state index contributed by atoms with van der Waals surface area (Å²) in [7, 11) is 0. The minimum atomic E-state index is -0.956. The van der Waals surface area contributed by atoms with E-state index in [1.807, 2.05) is 36.4 Å². The molecule has 2 aromatic rings. The van der Waals surface area contributed by atoms with E-state index in [-0.39, 0.29) is 30.8 Å². The fourth-order valence-electron chi connectivity index (χ4n) is 4.83. The van der Waals surface area contributed by atoms with Crippen molar-refractivity contribution < 1.29 is 24.2 Å². The lowest BCUT2D eigenvalue weighted by atomic mass is 9.91. The lowest BCUT2D eigenvalue weighted by molar-refractivity contribution is -0.139. The molecule has 7 heteroatoms. The van der Waals surface area contributed by atoms with E-state index >= 15 is 0 Å². The zero-order valence-electron chi connectivity index (χ0n) is 19.0. The van der Waals surface area contributed by atoms with Crippen molar-refractivity contribution in [2.75, 3.05) is 6.61 Å². The molecule has 3 N–H and O–H groups in total. The number of nitrogens with one attached hydrogen (secondary N) is 2. The average molecular weight is 451 g/mol. The van der Waals surface area contributed by atoms with Crippen LogP contribution in [0, 0.1) is 5.92 Å². The molecule has 2 aromatic carbocycles. The quantitative estimate of drug-likeness (QED) is 0.534. The van der Waals surface area contributed by atoms with Crippen LogP contribution in [0.15, 0.2) is 48.5 Å². The van der Waals surface area contributed by atoms with Crippen molar-refractivity contribution in [3.8, 4) is 11.1 Å². The summed E-state index contributed by atoms with van der Waals surface area (Å²) in [6.45, 7) is 3.72. The van der Waals surface area contributed by atoms with E-state index in [9.17, 15) is 19.5 Å². The SMILES string of the molecule is CCC(NC(=O)OCC1c2ccccc2-c2ccccc21)C(=O)NC(C)(CC(=O)O)C1CC1. The van der Waals surface area contributed by atoms with Gasteiger partial charge in [-0.1, -0.05) is 55.5 Å². The first kappa shape index (κ1) is 22.8. The number of carbonyl (C=O) groups excluding carboxylic acids is 2. The smallest absolute Gasteiger partial charge is 0.407 e. The number of alkyl carbamates (subject to hydrolysis) is 1. The molecule has 33 heavy (non-hydrogen) atoms. The lowest BCUT2D eigenvalue weighted by Crippen LogP contribution is -2.56. The Kier molecular flexibility index (Phi) is 6.40. The minimum Gasteiger partial charge on any atom is -0.481 e. The fourth-order valence-corrected chi connectivity index (χ4v) is 4.83. The van der Waals surface area contributed by atoms with Crippen molar-refractivity contribution in [1.82, 2.24) is 10.6 Å². The number of benzene rings is 2. The van der Waals surface area contributed by atoms with Gasteiger partial charge in [0.1, 0.15) is 12.6 Å². The van der Waals surface area contributed by atoms with Gasteiger partial charge in [0.15, 0.2) is 0 Å². The van der Waals surface area contributed by atoms with Crippen LogP contribution in [-0.2, 0) is 14.3 Å². The lowest BCUT2D eigenvalue weighted by Gasteiger charge is -2.31. The molecule has 0 bridgehead atoms. The van der Waals surface area contributed by atoms with Gasteiger partial charge in [0.25, 0.3) is 0 Å². The Bertz CT molecular complexity index is 1020. The number of amides is 2. The van der Waals surface area contributed by atoms with Gasteiger partial charge in [0.2, 0.25) is 5.91 Å². The predicted molar refractivity (Wildman–Crippen MR) is 124 cm³/mol. The van der Waals surface area contributed by atoms with Gasteiger partial charge < -0.3 is 20.5 Å². The Labute approximate surface area is 193 Å². The van der Waals surface area contributed by atoms with Crippen LogP contribution in [0.1, 0.15) is 56.6 Å². The number of hydrogen-bond acceptors (Lipinski definition) is 4. The van der Waals surface area contributed by atoms with E-state index in [1.165, 1.54) is 0 Å². The molecule has 2 aliphatic rings. The molecular weight excluding hydrogens is 420 g/mol. The fraction of sp³-hybridized carbons (Fsp3) is 0.423. The first-order valence-electron chi connectivity index (χ1n) is 11.5. The molecule has 174 valence electrons. The molecule has 1 fully saturated rings. The van der Waals surface area contributed by atoms with Crippen LogP contribution in [0.2, 0.25) is 0 Å². The molecule has 2 unspecified atom stereocenters. The summed E-state index contributed by atoms with van der Waals surface area (Å²) in [5.41, 5.74) is 3.70. The molecule has 2 atom stereocenters. The topological polar surface area (TPSA) is 105 Å². The van der Waals surface area contributed by atoms with Crippen molar-refractivity contribution in [3.05, 3.63) is 59.7 Å². The van der Waals surface area contributed by atoms with Gasteiger partial charge in [-0.15, -0.1) is 0 Å². The molecular formula is C26H30N2O5. The van der Waals surface area contributed by atoms with Crippen molar-refractivity contribution in [2.24, 2.45) is 5.92 Å². The Morgan fingerprint density at radius 1 is 1.06 bits per heavy atom. The highest BCUT2D eigenvalue weighted by Crippen LogP contribution is 2.44. The number of carboxylic acid groups (broad SMARTS) is 1. The minimum absolute atomic E-state index is 0.0641. The van der Waals surface area contributed by atoms with Crippen molar-refractivity contribution in [2.45, 2.75) is 57.0 Å². The van der Waals surface area contributed by atoms with Gasteiger partial charge in [0.05, 0.1) is 12.0 Å². The molecule has 0 aromatic heterocycles. The highest BCUT2D eigenvalue weighted by atomic mass is 16.5. The summed E-state index contributed by atoms with van der Waals surface area (Å²) in [6.07, 6.45) is 1.33. The predicted octanol–water partition coefficient (Wildman–Crippen LogP) is 4.06. The number of carboxylic acids is 1. The number of hydrogen-bond donors (Lipinski definition) is 3. The standard InChI is InChI=1S/C26H30N2O5/c1-3-22(24(31)28-26(2,14-23(29)30)16-12-13-16)27-25(32)33-15-21-19-10-6-4-8-17(19)18-9-5-7-11-20(18)21/h4-11,16,21-22H,3,12-15H2,1-2H3,(H,27,32)(H,28,31)(H,29,30). The van der Waals surface area contributed by atoms with Crippen LogP contribution in [0.3, 0.4) is 0 Å². The van der Waals surface area contributed by atoms with Crippen molar-refractivity contribution in [1.29, 1.82) is 0 Å². The summed E-state index contributed by atoms with van der Waals surface area (Å²) in [6, 6.07) is 15.4. The average Bonchev–Trinajstić information content (AvgIpc) is 3.60. The van der Waals surface area contributed by atoms with E-state index in [0.717, 1.165) is 35.1 Å². The summed E-state index contributed by atoms with van der Waals surface area (Å²) in [4.78, 5) is 36.7. The molecule has 0 saturated heterocycles. The molecule has 4 rings (SSSR count). The van der Waals surface area contributed by atoms with Crippen LogP contribution in [0.5, 0.6) is 0 Å². The number of rotatable bonds is 9. The van der Waals surface area contributed by atoms with E-state index in [4.69, 9.17) is 4.74 Å². The maximum Gasteiger partial charge on any atom is 0.407 e. The summed E-state index contributed by atoms with van der Waals surface area (Å²) in [5.74, 6) is -1.26. The molecule has 0 spiro atoms. The molecule has 0 aliphatic heterocycles. The Morgan fingerprint density at radius 3 is 2.15 bits per heavy atom. The molecule has 2 amide bonds. The number of fused-ring (bicyclic) bond motifs is 3. The van der Waals surface area contributed by atoms with Crippen LogP contribution < -0.4 is 10.6 Å². The Hall–Kier alpha value is -3.35. The third kappa shape index (κ3) is 4.87. The highest BCUT2D eigenvalue weighted by molar-refractivity contribution is 5.87. The zero-order valence-corrected chi connectivity index (χ0v) is 19.0. The summed E-state index contributed by atoms with van der Waals surface area (Å²) < 4.78 is 5.55. The van der Waals surface area contributed by atoms with E-state index < -0.39 is 23.6 Å². The maximum absolute atomic E-state index is 12.9. The third-order valence-corrected chi connectivity index (χ3v) is 6.77. The molecule has 2 aliphatic carbocycles. The van der Waals surface area contributed by atoms with Crippen molar-refractivity contribution in [3.63, 3.8) is 0 Å². The van der Waals surface area contributed by atoms with Gasteiger partial charge in [-0.3, -0.25) is 9.59 Å². The third-order valence-electron chi connectivity index (χ3n) is 6.77. The largest absolute Gasteiger partial charge is 0.481 e. The summed E-state index contributed by atoms with van der Waals surface area (Å²) in [5, 5.41) is 14.8. The second kappa shape index (κ2) is 9.25. The molecule has 1 saturated carbocycles. The highest BCUT2D eigenvalue weighted by Gasteiger charge is 2.44. The van der Waals surface area contributed by atoms with Crippen LogP contribution in [-0.4, -0.2) is 41.3 Å². The maximum atomic E-state index is 12.9. The van der Waals surface area contributed by atoms with Crippen LogP contribution in [0.4, 0.5) is 4.79 Å². The van der Waals surface area contributed by atoms with Gasteiger partial charge in [-0.05, 0) is 54.4 Å². The van der Waals surface area contributed by atoms with Crippen LogP contribution in [0.25, 0.3) is 11.1 Å². The first-order chi connectivity index (χ1) is 15.8. The second-order valence-electron chi connectivity index (χ2n) is 9.18. The van der Waals surface area contributed by atoms with Gasteiger partial charge in [-0.2, -0.15) is 0 Å². The van der Waals surface area contributed by atoms with E-state index in [0.29, 0.717) is 6.42 Å². The number of carbonyl (C=O) groups is 3. The first-order valence-corrected chi connectivity index (χ1v) is 11.5. The zero-order chi connectivity index (χ0) is 23.6. The van der Waals surface area contributed by atoms with Crippen molar-refractivity contribution >= 4 is 18.0 Å². The van der Waals surface area contributed by atoms with Gasteiger partial charge in [0, 0.05) is 5.92 Å². The normalized spacial score (nSPS) is 17.3. The Balaban J connectivity index is 1.38. The molecule has 0 heterocycles. The van der Waals surface area contributed by atoms with E-state index in [1.54, 1.807) is 13.8 Å². The summed E-state index contributed by atoms with van der Waals surface area (Å²) >= 11 is 0. The van der Waals surface area contributed by atoms with Gasteiger partial charge >= 0.3 is 12.1 Å². The number of aliphatic carboxylic acids is 1. The molecule has 7 nitrogen and oxygen atoms in total. The Morgan fingerprint density at radius 2 is 1.64 bits per heavy atom. The monoisotopic (exact) mass is 450 g/mol. The second-order valence-corrected chi connectivity index (χ2v) is 9.18. The molecule has 0 radical (unpaired) electrons. The number of ether oxygens (including phenoxy) is 1. The van der Waals surface area contributed by atoms with Gasteiger partial charge in [-0.25, -0.2) is 4.79 Å². The van der Waals surface area contributed by atoms with E-state index in [2.05, 4.69) is 22.8 Å². The van der Waals surface area contributed by atoms with Crippen LogP contribution >= 0.6 is 0 Å².